The van der Waals surface area contributed by atoms with Gasteiger partial charge in [0, 0.05) is 40.0 Å². The van der Waals surface area contributed by atoms with Crippen molar-refractivity contribution in [2.24, 2.45) is 11.3 Å². The Morgan fingerprint density at radius 2 is 1.34 bits per heavy atom. The van der Waals surface area contributed by atoms with E-state index in [1.54, 1.807) is 24.3 Å². The number of carbonyl (C=O) groups excluding carboxylic acids is 2. The van der Waals surface area contributed by atoms with Crippen LogP contribution in [0.4, 0.5) is 8.78 Å². The molecule has 1 aliphatic carbocycles. The number of hydrogen-bond donors (Lipinski definition) is 0. The lowest BCUT2D eigenvalue weighted by Crippen LogP contribution is -2.32. The lowest BCUT2D eigenvalue weighted by atomic mass is 9.67. The normalized spacial score (nSPS) is 18.3. The van der Waals surface area contributed by atoms with Gasteiger partial charge >= 0.3 is 0 Å². The third-order valence-corrected chi connectivity index (χ3v) is 6.50. The van der Waals surface area contributed by atoms with Crippen LogP contribution in [0, 0.1) is 45.6 Å². The largest absolute Gasteiger partial charge is 0.294 e. The van der Waals surface area contributed by atoms with E-state index in [0.29, 0.717) is 10.6 Å². The number of ketones is 2. The predicted molar refractivity (Wildman–Crippen MR) is 126 cm³/mol. The van der Waals surface area contributed by atoms with E-state index in [9.17, 15) is 28.9 Å². The van der Waals surface area contributed by atoms with Crippen LogP contribution in [0.1, 0.15) is 38.6 Å². The van der Waals surface area contributed by atoms with Crippen LogP contribution in [0.3, 0.4) is 0 Å². The third kappa shape index (κ3) is 4.49. The standard InChI is InChI=1S/C28H17ClF2N2O2/c29-21-7-1-18(2-8-21)26-24(27(35)19-5-11-23(31)12-6-19)13-20(28(26,15-32)16-33)14-25(34)17-3-9-22(30)10-4-17/h1-13,20,26H,14H2/t20-,26+/m1/s1. The van der Waals surface area contributed by atoms with Gasteiger partial charge in [-0.1, -0.05) is 29.8 Å². The maximum Gasteiger partial charge on any atom is 0.189 e. The highest BCUT2D eigenvalue weighted by molar-refractivity contribution is 6.30. The van der Waals surface area contributed by atoms with Crippen LogP contribution in [0.5, 0.6) is 0 Å². The molecule has 4 nitrogen and oxygen atoms in total. The molecular weight excluding hydrogens is 470 g/mol. The number of benzene rings is 3. The second-order valence-electron chi connectivity index (χ2n) is 8.28. The second kappa shape index (κ2) is 9.62. The van der Waals surface area contributed by atoms with Crippen molar-refractivity contribution in [1.29, 1.82) is 10.5 Å². The fourth-order valence-electron chi connectivity index (χ4n) is 4.47. The maximum absolute atomic E-state index is 13.5. The van der Waals surface area contributed by atoms with Gasteiger partial charge in [0.25, 0.3) is 0 Å². The molecule has 4 rings (SSSR count). The van der Waals surface area contributed by atoms with Crippen molar-refractivity contribution < 1.29 is 18.4 Å². The first-order valence-corrected chi connectivity index (χ1v) is 11.1. The molecule has 0 saturated carbocycles. The van der Waals surface area contributed by atoms with E-state index in [1.165, 1.54) is 30.3 Å². The molecule has 0 aromatic heterocycles. The second-order valence-corrected chi connectivity index (χ2v) is 8.71. The molecule has 172 valence electrons. The zero-order valence-electron chi connectivity index (χ0n) is 18.2. The lowest BCUT2D eigenvalue weighted by Gasteiger charge is -2.29. The molecule has 0 fully saturated rings. The number of hydrogen-bond acceptors (Lipinski definition) is 4. The van der Waals surface area contributed by atoms with Gasteiger partial charge in [0.05, 0.1) is 12.1 Å². The number of carbonyl (C=O) groups is 2. The van der Waals surface area contributed by atoms with Crippen LogP contribution in [-0.2, 0) is 0 Å². The summed E-state index contributed by atoms with van der Waals surface area (Å²) in [6.45, 7) is 0. The van der Waals surface area contributed by atoms with Crippen molar-refractivity contribution >= 4 is 23.2 Å². The molecule has 0 spiro atoms. The van der Waals surface area contributed by atoms with E-state index >= 15 is 0 Å². The Bertz CT molecular complexity index is 1390. The molecule has 35 heavy (non-hydrogen) atoms. The lowest BCUT2D eigenvalue weighted by molar-refractivity contribution is 0.0955. The van der Waals surface area contributed by atoms with E-state index < -0.39 is 40.5 Å². The Labute approximate surface area is 205 Å². The molecule has 0 unspecified atom stereocenters. The van der Waals surface area contributed by atoms with Gasteiger partial charge in [-0.15, -0.1) is 0 Å². The Morgan fingerprint density at radius 3 is 1.86 bits per heavy atom. The minimum atomic E-state index is -1.77. The Balaban J connectivity index is 1.82. The number of allylic oxidation sites excluding steroid dienone is 2. The van der Waals surface area contributed by atoms with Gasteiger partial charge in [-0.25, -0.2) is 8.78 Å². The van der Waals surface area contributed by atoms with Gasteiger partial charge < -0.3 is 0 Å². The minimum Gasteiger partial charge on any atom is -0.294 e. The molecule has 3 aromatic carbocycles. The van der Waals surface area contributed by atoms with E-state index in [-0.39, 0.29) is 23.1 Å². The van der Waals surface area contributed by atoms with Gasteiger partial charge in [0.15, 0.2) is 17.0 Å². The zero-order chi connectivity index (χ0) is 25.2. The molecule has 7 heteroatoms. The average Bonchev–Trinajstić information content (AvgIpc) is 3.19. The van der Waals surface area contributed by atoms with Gasteiger partial charge in [0.2, 0.25) is 0 Å². The van der Waals surface area contributed by atoms with E-state index in [2.05, 4.69) is 12.1 Å². The van der Waals surface area contributed by atoms with Gasteiger partial charge in [-0.3, -0.25) is 9.59 Å². The molecule has 0 radical (unpaired) electrons. The summed E-state index contributed by atoms with van der Waals surface area (Å²) in [6, 6.07) is 20.5. The van der Waals surface area contributed by atoms with Crippen LogP contribution in [0.15, 0.2) is 84.4 Å². The fraction of sp³-hybridized carbons (Fsp3) is 0.143. The van der Waals surface area contributed by atoms with Crippen molar-refractivity contribution in [2.45, 2.75) is 12.3 Å². The third-order valence-electron chi connectivity index (χ3n) is 6.25. The average molecular weight is 487 g/mol. The number of rotatable bonds is 6. The molecule has 1 aliphatic rings. The van der Waals surface area contributed by atoms with Crippen LogP contribution in [0.25, 0.3) is 0 Å². The first kappa shape index (κ1) is 24.0. The highest BCUT2D eigenvalue weighted by atomic mass is 35.5. The summed E-state index contributed by atoms with van der Waals surface area (Å²) in [5.41, 5.74) is -0.679. The molecule has 3 aromatic rings. The van der Waals surface area contributed by atoms with Gasteiger partial charge in [0.1, 0.15) is 11.6 Å². The van der Waals surface area contributed by atoms with Crippen LogP contribution in [0.2, 0.25) is 5.02 Å². The molecule has 2 atom stereocenters. The smallest absolute Gasteiger partial charge is 0.189 e. The van der Waals surface area contributed by atoms with Crippen molar-refractivity contribution in [3.05, 3.63) is 118 Å². The number of nitriles is 2. The summed E-state index contributed by atoms with van der Waals surface area (Å²) in [5, 5.41) is 20.9. The van der Waals surface area contributed by atoms with E-state index in [4.69, 9.17) is 11.6 Å². The molecule has 0 bridgehead atoms. The topological polar surface area (TPSA) is 81.7 Å². The van der Waals surface area contributed by atoms with Crippen LogP contribution >= 0.6 is 11.6 Å². The van der Waals surface area contributed by atoms with Crippen LogP contribution < -0.4 is 0 Å². The molecule has 0 saturated heterocycles. The molecule has 0 heterocycles. The number of nitrogens with zero attached hydrogens (tertiary/aromatic N) is 2. The SMILES string of the molecule is N#CC1(C#N)[C@@H](CC(=O)c2ccc(F)cc2)C=C(C(=O)c2ccc(F)cc2)[C@@H]1c1ccc(Cl)cc1. The summed E-state index contributed by atoms with van der Waals surface area (Å²) in [7, 11) is 0. The zero-order valence-corrected chi connectivity index (χ0v) is 19.0. The molecule has 0 N–H and O–H groups in total. The van der Waals surface area contributed by atoms with E-state index in [0.717, 1.165) is 24.3 Å². The monoisotopic (exact) mass is 486 g/mol. The Hall–Kier alpha value is -4.13. The maximum atomic E-state index is 13.5. The number of halogens is 3. The van der Waals surface area contributed by atoms with Crippen LogP contribution in [-0.4, -0.2) is 11.6 Å². The first-order valence-electron chi connectivity index (χ1n) is 10.7. The van der Waals surface area contributed by atoms with Gasteiger partial charge in [-0.05, 0) is 66.2 Å². The highest BCUT2D eigenvalue weighted by Crippen LogP contribution is 2.54. The van der Waals surface area contributed by atoms with Crippen molar-refractivity contribution in [3.63, 3.8) is 0 Å². The Kier molecular flexibility index (Phi) is 6.60. The fourth-order valence-corrected chi connectivity index (χ4v) is 4.60. The van der Waals surface area contributed by atoms with Crippen molar-refractivity contribution in [1.82, 2.24) is 0 Å². The van der Waals surface area contributed by atoms with Crippen molar-refractivity contribution in [2.75, 3.05) is 0 Å². The summed E-state index contributed by atoms with van der Waals surface area (Å²) in [5.74, 6) is -3.78. The summed E-state index contributed by atoms with van der Waals surface area (Å²) in [6.07, 6.45) is 1.26. The quantitative estimate of drug-likeness (QED) is 0.375. The Morgan fingerprint density at radius 1 is 0.829 bits per heavy atom. The summed E-state index contributed by atoms with van der Waals surface area (Å²) < 4.78 is 26.7. The molecule has 0 aliphatic heterocycles. The summed E-state index contributed by atoms with van der Waals surface area (Å²) in [4.78, 5) is 26.5. The van der Waals surface area contributed by atoms with Crippen molar-refractivity contribution in [3.8, 4) is 12.1 Å². The minimum absolute atomic E-state index is 0.166. The predicted octanol–water partition coefficient (Wildman–Crippen LogP) is 6.45. The summed E-state index contributed by atoms with van der Waals surface area (Å²) >= 11 is 6.02. The highest BCUT2D eigenvalue weighted by Gasteiger charge is 2.54. The van der Waals surface area contributed by atoms with E-state index in [1.807, 2.05) is 0 Å². The molecule has 0 amide bonds. The number of Topliss-reactive ketones (excluding diaryl/α,β-unsaturated/α-hetero) is 2. The van der Waals surface area contributed by atoms with Gasteiger partial charge in [-0.2, -0.15) is 10.5 Å². The molecular formula is C28H17ClF2N2O2. The first-order chi connectivity index (χ1) is 16.8.